The summed E-state index contributed by atoms with van der Waals surface area (Å²) >= 11 is 0. The molecule has 0 aliphatic rings. The van der Waals surface area contributed by atoms with Gasteiger partial charge in [-0.1, -0.05) is 62.9 Å². The van der Waals surface area contributed by atoms with Crippen LogP contribution in [0, 0.1) is 0 Å². The molecule has 0 bridgehead atoms. The van der Waals surface area contributed by atoms with E-state index in [-0.39, 0.29) is 51.3 Å². The Balaban J connectivity index is -0.000000361. The second-order valence-electron chi connectivity index (χ2n) is 4.81. The minimum absolute atomic E-state index is 0. The van der Waals surface area contributed by atoms with Crippen LogP contribution < -0.4 is 48.4 Å². The Labute approximate surface area is 153 Å². The van der Waals surface area contributed by atoms with Crippen LogP contribution in [0.2, 0.25) is 0 Å². The van der Waals surface area contributed by atoms with Crippen molar-refractivity contribution in [2.24, 2.45) is 0 Å². The average Bonchev–Trinajstić information content (AvgIpc) is 2.35. The number of carbonyl (C=O) groups is 1. The topological polar surface area (TPSA) is 37.3 Å². The molecule has 0 radical (unpaired) electrons. The maximum Gasteiger partial charge on any atom is 1.00 e. The van der Waals surface area contributed by atoms with Gasteiger partial charge in [0.25, 0.3) is 0 Å². The third kappa shape index (κ3) is 6.52. The summed E-state index contributed by atoms with van der Waals surface area (Å²) in [5.41, 5.74) is 0.165. The summed E-state index contributed by atoms with van der Waals surface area (Å²) in [7, 11) is 0. The fourth-order valence-corrected chi connectivity index (χ4v) is 2.09. The number of benzene rings is 1. The van der Waals surface area contributed by atoms with Crippen molar-refractivity contribution in [2.45, 2.75) is 51.4 Å². The molecule has 0 saturated heterocycles. The van der Waals surface area contributed by atoms with Crippen LogP contribution in [0.4, 0.5) is 0 Å². The van der Waals surface area contributed by atoms with Crippen LogP contribution in [0.3, 0.4) is 0 Å². The van der Waals surface area contributed by atoms with Crippen molar-refractivity contribution in [3.8, 4) is 0 Å². The summed E-state index contributed by atoms with van der Waals surface area (Å²) in [4.78, 5) is 11.5. The smallest absolute Gasteiger partial charge is 1.00 e. The summed E-state index contributed by atoms with van der Waals surface area (Å²) in [5, 5.41) is 9.44. The van der Waals surface area contributed by atoms with E-state index in [0.717, 1.165) is 18.4 Å². The van der Waals surface area contributed by atoms with Crippen LogP contribution in [0.5, 0.6) is 0 Å². The van der Waals surface area contributed by atoms with E-state index in [0.29, 0.717) is 6.42 Å². The second-order valence-corrected chi connectivity index (χ2v) is 4.81. The summed E-state index contributed by atoms with van der Waals surface area (Å²) in [6.45, 7) is 3.99. The number of rotatable bonds is 7. The SMILES string of the molecule is CCCCCCC(C)(C(=O)O)c1ccccc1.[H-].[H-].[Li+].[Na+]. The van der Waals surface area contributed by atoms with Crippen LogP contribution >= 0.6 is 0 Å². The first-order valence-corrected chi connectivity index (χ1v) is 6.40. The van der Waals surface area contributed by atoms with Crippen molar-refractivity contribution in [1.82, 2.24) is 0 Å². The van der Waals surface area contributed by atoms with E-state index in [9.17, 15) is 9.90 Å². The molecular weight excluding hydrogens is 242 g/mol. The zero-order valence-corrected chi connectivity index (χ0v) is 14.8. The Morgan fingerprint density at radius 3 is 2.26 bits per heavy atom. The fourth-order valence-electron chi connectivity index (χ4n) is 2.09. The van der Waals surface area contributed by atoms with Crippen molar-refractivity contribution < 1.29 is 61.2 Å². The van der Waals surface area contributed by atoms with Crippen molar-refractivity contribution >= 4 is 5.97 Å². The van der Waals surface area contributed by atoms with Gasteiger partial charge in [0.05, 0.1) is 5.41 Å². The number of carboxylic acids is 1. The molecule has 19 heavy (non-hydrogen) atoms. The number of unbranched alkanes of at least 4 members (excludes halogenated alkanes) is 3. The molecule has 1 atom stereocenters. The molecule has 0 amide bonds. The average molecular weight is 266 g/mol. The van der Waals surface area contributed by atoms with Gasteiger partial charge in [-0.05, 0) is 18.9 Å². The fraction of sp³-hybridized carbons (Fsp3) is 0.533. The van der Waals surface area contributed by atoms with E-state index >= 15 is 0 Å². The first kappa shape index (κ1) is 21.6. The maximum atomic E-state index is 11.5. The van der Waals surface area contributed by atoms with E-state index in [4.69, 9.17) is 0 Å². The number of hydrogen-bond donors (Lipinski definition) is 1. The van der Waals surface area contributed by atoms with Gasteiger partial charge in [-0.2, -0.15) is 0 Å². The van der Waals surface area contributed by atoms with Gasteiger partial charge in [-0.25, -0.2) is 0 Å². The molecule has 0 aliphatic heterocycles. The number of hydrogen-bond acceptors (Lipinski definition) is 1. The predicted molar refractivity (Wildman–Crippen MR) is 72.4 cm³/mol. The molecule has 2 nitrogen and oxygen atoms in total. The van der Waals surface area contributed by atoms with Crippen LogP contribution in [0.25, 0.3) is 0 Å². The van der Waals surface area contributed by atoms with Crippen LogP contribution in [0.15, 0.2) is 30.3 Å². The van der Waals surface area contributed by atoms with Gasteiger partial charge in [-0.15, -0.1) is 0 Å². The maximum absolute atomic E-state index is 11.5. The van der Waals surface area contributed by atoms with Crippen molar-refractivity contribution in [3.63, 3.8) is 0 Å². The van der Waals surface area contributed by atoms with Crippen LogP contribution in [0.1, 0.15) is 54.4 Å². The van der Waals surface area contributed by atoms with Gasteiger partial charge in [0.15, 0.2) is 0 Å². The molecular formula is C15H24LiNaO2. The van der Waals surface area contributed by atoms with Gasteiger partial charge < -0.3 is 7.96 Å². The summed E-state index contributed by atoms with van der Waals surface area (Å²) < 4.78 is 0. The Bertz CT molecular complexity index is 366. The van der Waals surface area contributed by atoms with Gasteiger partial charge in [0, 0.05) is 0 Å². The summed E-state index contributed by atoms with van der Waals surface area (Å²) in [6.07, 6.45) is 5.17. The first-order chi connectivity index (χ1) is 8.11. The zero-order chi connectivity index (χ0) is 12.7. The van der Waals surface area contributed by atoms with Crippen molar-refractivity contribution in [3.05, 3.63) is 35.9 Å². The molecule has 1 aromatic rings. The van der Waals surface area contributed by atoms with Gasteiger partial charge >= 0.3 is 54.4 Å². The third-order valence-electron chi connectivity index (χ3n) is 3.41. The minimum Gasteiger partial charge on any atom is -1.00 e. The third-order valence-corrected chi connectivity index (χ3v) is 3.41. The second kappa shape index (κ2) is 11.0. The molecule has 0 fully saturated rings. The molecule has 1 rings (SSSR count). The number of aliphatic carboxylic acids is 1. The molecule has 98 valence electrons. The van der Waals surface area contributed by atoms with E-state index in [1.807, 2.05) is 37.3 Å². The molecule has 0 saturated carbocycles. The van der Waals surface area contributed by atoms with E-state index < -0.39 is 11.4 Å². The van der Waals surface area contributed by atoms with E-state index in [2.05, 4.69) is 6.92 Å². The molecule has 1 N–H and O–H groups in total. The van der Waals surface area contributed by atoms with E-state index in [1.165, 1.54) is 12.8 Å². The molecule has 1 aromatic carbocycles. The Kier molecular flexibility index (Phi) is 12.5. The van der Waals surface area contributed by atoms with E-state index in [1.54, 1.807) is 0 Å². The molecule has 0 aromatic heterocycles. The van der Waals surface area contributed by atoms with Crippen LogP contribution in [-0.2, 0) is 10.2 Å². The standard InChI is InChI=1S/C15H22O2.Li.Na.2H/c1-3-4-5-9-12-15(2,14(16)17)13-10-7-6-8-11-13;;;;/h6-8,10-11H,3-5,9,12H2,1-2H3,(H,16,17);;;;/q;2*+1;2*-1. The van der Waals surface area contributed by atoms with Crippen molar-refractivity contribution in [1.29, 1.82) is 0 Å². The van der Waals surface area contributed by atoms with Gasteiger partial charge in [-0.3, -0.25) is 4.79 Å². The Morgan fingerprint density at radius 2 is 1.79 bits per heavy atom. The van der Waals surface area contributed by atoms with Crippen molar-refractivity contribution in [2.75, 3.05) is 0 Å². The first-order valence-electron chi connectivity index (χ1n) is 6.40. The summed E-state index contributed by atoms with van der Waals surface area (Å²) in [6, 6.07) is 9.55. The largest absolute Gasteiger partial charge is 1.00 e. The Hall–Kier alpha value is 0.287. The molecule has 0 spiro atoms. The minimum atomic E-state index is -0.741. The quantitative estimate of drug-likeness (QED) is 0.469. The Morgan fingerprint density at radius 1 is 1.21 bits per heavy atom. The van der Waals surface area contributed by atoms with Crippen LogP contribution in [-0.4, -0.2) is 11.1 Å². The zero-order valence-electron chi connectivity index (χ0n) is 14.8. The molecule has 0 heterocycles. The van der Waals surface area contributed by atoms with Gasteiger partial charge in [0.2, 0.25) is 0 Å². The van der Waals surface area contributed by atoms with Gasteiger partial charge in [0.1, 0.15) is 0 Å². The molecule has 0 aliphatic carbocycles. The predicted octanol–water partition coefficient (Wildman–Crippen LogP) is -1.77. The normalized spacial score (nSPS) is 12.7. The molecule has 4 heteroatoms. The summed E-state index contributed by atoms with van der Waals surface area (Å²) in [5.74, 6) is -0.722. The molecule has 1 unspecified atom stereocenters. The number of carboxylic acid groups (broad SMARTS) is 1. The monoisotopic (exact) mass is 266 g/mol.